The number of ether oxygens (including phenoxy) is 1. The third-order valence-electron chi connectivity index (χ3n) is 0.914. The van der Waals surface area contributed by atoms with Crippen molar-refractivity contribution in [2.45, 2.75) is 19.4 Å². The fourth-order valence-corrected chi connectivity index (χ4v) is 0.510. The lowest BCUT2D eigenvalue weighted by Gasteiger charge is -2.09. The molecule has 0 spiro atoms. The van der Waals surface area contributed by atoms with Crippen molar-refractivity contribution in [2.24, 2.45) is 5.73 Å². The van der Waals surface area contributed by atoms with Crippen LogP contribution in [0.4, 0.5) is 0 Å². The van der Waals surface area contributed by atoms with E-state index in [2.05, 4.69) is 4.74 Å². The Kier molecular flexibility index (Phi) is 4.25. The summed E-state index contributed by atoms with van der Waals surface area (Å²) in [5, 5.41) is 8.18. The molecule has 0 amide bonds. The van der Waals surface area contributed by atoms with Gasteiger partial charge < -0.3 is 10.5 Å². The summed E-state index contributed by atoms with van der Waals surface area (Å²) < 4.78 is 4.65. The number of nitrogens with zero attached hydrogens (tertiary/aromatic N) is 1. The first-order chi connectivity index (χ1) is 4.70. The number of nitriles is 1. The summed E-state index contributed by atoms with van der Waals surface area (Å²) in [6.45, 7) is 1.49. The molecule has 0 aromatic heterocycles. The van der Waals surface area contributed by atoms with Crippen LogP contribution >= 0.6 is 0 Å². The van der Waals surface area contributed by atoms with Crippen molar-refractivity contribution in [3.63, 3.8) is 0 Å². The third kappa shape index (κ3) is 3.87. The molecule has 4 nitrogen and oxygen atoms in total. The van der Waals surface area contributed by atoms with E-state index in [-0.39, 0.29) is 13.0 Å². The summed E-state index contributed by atoms with van der Waals surface area (Å²) in [7, 11) is 0. The zero-order valence-corrected chi connectivity index (χ0v) is 5.83. The largest absolute Gasteiger partial charge is 0.460 e. The standard InChI is InChI=1S/C6H10N2O2/c1-5(9)10-6(4-8)2-3-7/h6H,2,4,8H2,1H3/t6-/m1/s1. The number of carbonyl (C=O) groups excluding carboxylic acids is 1. The SMILES string of the molecule is CC(=O)O[C@@H](CN)CC#N. The van der Waals surface area contributed by atoms with Gasteiger partial charge in [-0.2, -0.15) is 5.26 Å². The Hall–Kier alpha value is -1.08. The smallest absolute Gasteiger partial charge is 0.302 e. The molecule has 1 atom stereocenters. The van der Waals surface area contributed by atoms with Crippen LogP contribution in [0.3, 0.4) is 0 Å². The van der Waals surface area contributed by atoms with Gasteiger partial charge in [0.2, 0.25) is 0 Å². The van der Waals surface area contributed by atoms with Crippen LogP contribution in [0.5, 0.6) is 0 Å². The monoisotopic (exact) mass is 142 g/mol. The second-order valence-corrected chi connectivity index (χ2v) is 1.83. The first-order valence-electron chi connectivity index (χ1n) is 2.95. The Bertz CT molecular complexity index is 150. The number of hydrogen-bond acceptors (Lipinski definition) is 4. The van der Waals surface area contributed by atoms with Gasteiger partial charge in [0.05, 0.1) is 12.5 Å². The Morgan fingerprint density at radius 2 is 2.50 bits per heavy atom. The zero-order chi connectivity index (χ0) is 7.98. The van der Waals surface area contributed by atoms with Crippen molar-refractivity contribution < 1.29 is 9.53 Å². The van der Waals surface area contributed by atoms with E-state index in [1.165, 1.54) is 6.92 Å². The first-order valence-corrected chi connectivity index (χ1v) is 2.95. The number of esters is 1. The average Bonchev–Trinajstić information content (AvgIpc) is 1.86. The minimum Gasteiger partial charge on any atom is -0.460 e. The number of hydrogen-bond donors (Lipinski definition) is 1. The van der Waals surface area contributed by atoms with E-state index < -0.39 is 12.1 Å². The van der Waals surface area contributed by atoms with Gasteiger partial charge in [0.1, 0.15) is 6.10 Å². The average molecular weight is 142 g/mol. The minimum atomic E-state index is -0.442. The molecule has 56 valence electrons. The van der Waals surface area contributed by atoms with E-state index in [1.807, 2.05) is 6.07 Å². The molecule has 0 rings (SSSR count). The van der Waals surface area contributed by atoms with Crippen molar-refractivity contribution in [1.29, 1.82) is 5.26 Å². The highest BCUT2D eigenvalue weighted by Crippen LogP contribution is 1.94. The molecule has 0 aliphatic heterocycles. The molecule has 4 heteroatoms. The van der Waals surface area contributed by atoms with E-state index in [9.17, 15) is 4.79 Å². The highest BCUT2D eigenvalue weighted by Gasteiger charge is 2.07. The van der Waals surface area contributed by atoms with Crippen molar-refractivity contribution >= 4 is 5.97 Å². The second kappa shape index (κ2) is 4.77. The van der Waals surface area contributed by atoms with Crippen LogP contribution in [0.1, 0.15) is 13.3 Å². The summed E-state index contributed by atoms with van der Waals surface area (Å²) in [6, 6.07) is 1.87. The molecule has 0 unspecified atom stereocenters. The summed E-state index contributed by atoms with van der Waals surface area (Å²) in [6.07, 6.45) is -0.279. The fraction of sp³-hybridized carbons (Fsp3) is 0.667. The first kappa shape index (κ1) is 8.92. The summed E-state index contributed by atoms with van der Waals surface area (Å²) in [4.78, 5) is 10.3. The van der Waals surface area contributed by atoms with Crippen LogP contribution < -0.4 is 5.73 Å². The summed E-state index contributed by atoms with van der Waals surface area (Å²) >= 11 is 0. The van der Waals surface area contributed by atoms with Crippen LogP contribution in [0, 0.1) is 11.3 Å². The zero-order valence-electron chi connectivity index (χ0n) is 5.83. The van der Waals surface area contributed by atoms with Gasteiger partial charge in [-0.25, -0.2) is 0 Å². The van der Waals surface area contributed by atoms with E-state index >= 15 is 0 Å². The predicted molar refractivity (Wildman–Crippen MR) is 34.8 cm³/mol. The Morgan fingerprint density at radius 1 is 1.90 bits per heavy atom. The van der Waals surface area contributed by atoms with Gasteiger partial charge in [-0.3, -0.25) is 4.79 Å². The topological polar surface area (TPSA) is 76.1 Å². The molecule has 0 fully saturated rings. The normalized spacial score (nSPS) is 11.7. The number of rotatable bonds is 3. The minimum absolute atomic E-state index is 0.163. The highest BCUT2D eigenvalue weighted by atomic mass is 16.5. The van der Waals surface area contributed by atoms with Gasteiger partial charge in [0.15, 0.2) is 0 Å². The maximum Gasteiger partial charge on any atom is 0.302 e. The van der Waals surface area contributed by atoms with Crippen LogP contribution in [-0.4, -0.2) is 18.6 Å². The molecule has 0 aliphatic rings. The summed E-state index contributed by atoms with van der Waals surface area (Å²) in [5.74, 6) is -0.397. The van der Waals surface area contributed by atoms with Crippen LogP contribution in [0.15, 0.2) is 0 Å². The highest BCUT2D eigenvalue weighted by molar-refractivity contribution is 5.66. The van der Waals surface area contributed by atoms with Crippen molar-refractivity contribution in [1.82, 2.24) is 0 Å². The van der Waals surface area contributed by atoms with Gasteiger partial charge in [-0.1, -0.05) is 0 Å². The number of nitrogens with two attached hydrogens (primary N) is 1. The maximum atomic E-state index is 10.3. The van der Waals surface area contributed by atoms with Crippen LogP contribution in [0.2, 0.25) is 0 Å². The van der Waals surface area contributed by atoms with Gasteiger partial charge >= 0.3 is 5.97 Å². The quantitative estimate of drug-likeness (QED) is 0.553. The summed E-state index contributed by atoms with van der Waals surface area (Å²) in [5.41, 5.74) is 5.18. The van der Waals surface area contributed by atoms with Gasteiger partial charge in [0.25, 0.3) is 0 Å². The molecule has 2 N–H and O–H groups in total. The van der Waals surface area contributed by atoms with E-state index in [4.69, 9.17) is 11.0 Å². The van der Waals surface area contributed by atoms with Crippen LogP contribution in [-0.2, 0) is 9.53 Å². The van der Waals surface area contributed by atoms with Crippen LogP contribution in [0.25, 0.3) is 0 Å². The van der Waals surface area contributed by atoms with E-state index in [0.717, 1.165) is 0 Å². The van der Waals surface area contributed by atoms with E-state index in [1.54, 1.807) is 0 Å². The molecule has 0 saturated carbocycles. The van der Waals surface area contributed by atoms with Gasteiger partial charge in [-0.05, 0) is 0 Å². The Morgan fingerprint density at radius 3 is 2.80 bits per heavy atom. The van der Waals surface area contributed by atoms with Crippen molar-refractivity contribution in [3.8, 4) is 6.07 Å². The lowest BCUT2D eigenvalue weighted by Crippen LogP contribution is -2.25. The fourth-order valence-electron chi connectivity index (χ4n) is 0.510. The molecule has 0 saturated heterocycles. The Labute approximate surface area is 59.6 Å². The predicted octanol–water partition coefficient (Wildman–Crippen LogP) is -0.210. The molecule has 10 heavy (non-hydrogen) atoms. The van der Waals surface area contributed by atoms with Gasteiger partial charge in [-0.15, -0.1) is 0 Å². The molecular formula is C6H10N2O2. The van der Waals surface area contributed by atoms with Gasteiger partial charge in [0, 0.05) is 13.5 Å². The molecule has 0 bridgehead atoms. The Balaban J connectivity index is 3.62. The lowest BCUT2D eigenvalue weighted by molar-refractivity contribution is -0.145. The van der Waals surface area contributed by atoms with Crippen molar-refractivity contribution in [3.05, 3.63) is 0 Å². The lowest BCUT2D eigenvalue weighted by atomic mass is 10.3. The molecule has 0 radical (unpaired) electrons. The third-order valence-corrected chi connectivity index (χ3v) is 0.914. The molecule has 0 heterocycles. The number of carbonyl (C=O) groups is 1. The molecule has 0 aromatic rings. The van der Waals surface area contributed by atoms with E-state index in [0.29, 0.717) is 0 Å². The molecular weight excluding hydrogens is 132 g/mol. The maximum absolute atomic E-state index is 10.3. The second-order valence-electron chi connectivity index (χ2n) is 1.83. The molecule has 0 aliphatic carbocycles. The van der Waals surface area contributed by atoms with Crippen molar-refractivity contribution in [2.75, 3.05) is 6.54 Å². The molecule has 0 aromatic carbocycles.